The monoisotopic (exact) mass is 475 g/mol. The molecule has 2 aromatic rings. The maximum Gasteiger partial charge on any atom is 0.264 e. The summed E-state index contributed by atoms with van der Waals surface area (Å²) in [6.45, 7) is 3.69. The number of thiocarbonyl (C=S) groups is 1. The van der Waals surface area contributed by atoms with Crippen molar-refractivity contribution >= 4 is 38.9 Å². The van der Waals surface area contributed by atoms with Crippen molar-refractivity contribution in [2.24, 2.45) is 0 Å². The fraction of sp³-hybridized carbons (Fsp3) is 0.391. The van der Waals surface area contributed by atoms with Crippen LogP contribution in [0.15, 0.2) is 47.4 Å². The maximum absolute atomic E-state index is 12.6. The second-order valence-corrected chi connectivity index (χ2v) is 10.2. The molecule has 0 heterocycles. The van der Waals surface area contributed by atoms with Crippen LogP contribution < -0.4 is 20.1 Å². The van der Waals surface area contributed by atoms with Crippen molar-refractivity contribution in [2.75, 3.05) is 11.9 Å². The zero-order chi connectivity index (χ0) is 23.1. The molecular weight excluding hydrogens is 446 g/mol. The van der Waals surface area contributed by atoms with Gasteiger partial charge in [-0.05, 0) is 80.4 Å². The van der Waals surface area contributed by atoms with E-state index in [-0.39, 0.29) is 28.6 Å². The van der Waals surface area contributed by atoms with Crippen LogP contribution in [0.2, 0.25) is 0 Å². The number of hydrogen-bond donors (Lipinski definition) is 3. The van der Waals surface area contributed by atoms with Gasteiger partial charge in [0.2, 0.25) is 10.0 Å². The number of rotatable bonds is 7. The number of carbonyl (C=O) groups excluding carboxylic acids is 1. The van der Waals surface area contributed by atoms with Crippen LogP contribution >= 0.6 is 12.2 Å². The first-order valence-electron chi connectivity index (χ1n) is 10.7. The van der Waals surface area contributed by atoms with Crippen LogP contribution in [-0.2, 0) is 14.8 Å². The smallest absolute Gasteiger partial charge is 0.264 e. The number of amides is 1. The first-order chi connectivity index (χ1) is 15.2. The largest absolute Gasteiger partial charge is 0.483 e. The summed E-state index contributed by atoms with van der Waals surface area (Å²) in [5.74, 6) is 0.261. The number of anilines is 1. The molecule has 172 valence electrons. The minimum Gasteiger partial charge on any atom is -0.483 e. The molecule has 0 bridgehead atoms. The van der Waals surface area contributed by atoms with Crippen LogP contribution in [0.5, 0.6) is 5.75 Å². The summed E-state index contributed by atoms with van der Waals surface area (Å²) in [6.07, 6.45) is 5.01. The molecular formula is C23H29N3O4S2. The second-order valence-electron chi connectivity index (χ2n) is 8.04. The molecule has 0 aromatic heterocycles. The van der Waals surface area contributed by atoms with E-state index in [1.165, 1.54) is 12.1 Å². The van der Waals surface area contributed by atoms with Crippen LogP contribution in [0.25, 0.3) is 0 Å². The van der Waals surface area contributed by atoms with Crippen molar-refractivity contribution in [3.05, 3.63) is 53.6 Å². The lowest BCUT2D eigenvalue weighted by Gasteiger charge is -2.22. The molecule has 0 aliphatic heterocycles. The number of benzene rings is 2. The maximum atomic E-state index is 12.6. The van der Waals surface area contributed by atoms with E-state index >= 15 is 0 Å². The molecule has 3 N–H and O–H groups in total. The topological polar surface area (TPSA) is 96.5 Å². The van der Waals surface area contributed by atoms with Crippen molar-refractivity contribution in [1.29, 1.82) is 0 Å². The molecule has 1 aliphatic rings. The van der Waals surface area contributed by atoms with E-state index in [1.54, 1.807) is 12.1 Å². The minimum absolute atomic E-state index is 0.000138. The third-order valence-corrected chi connectivity index (χ3v) is 7.05. The van der Waals surface area contributed by atoms with Crippen LogP contribution in [0.1, 0.15) is 43.2 Å². The number of ether oxygens (including phenoxy) is 1. The van der Waals surface area contributed by atoms with E-state index in [0.717, 1.165) is 43.2 Å². The number of aryl methyl sites for hydroxylation is 2. The predicted octanol–water partition coefficient (Wildman–Crippen LogP) is 3.81. The highest BCUT2D eigenvalue weighted by atomic mass is 32.2. The fourth-order valence-electron chi connectivity index (χ4n) is 3.56. The van der Waals surface area contributed by atoms with E-state index in [2.05, 4.69) is 15.4 Å². The van der Waals surface area contributed by atoms with E-state index in [4.69, 9.17) is 17.0 Å². The number of carbonyl (C=O) groups is 1. The van der Waals surface area contributed by atoms with Gasteiger partial charge in [0.1, 0.15) is 5.75 Å². The van der Waals surface area contributed by atoms with Gasteiger partial charge in [0.05, 0.1) is 4.90 Å². The van der Waals surface area contributed by atoms with Gasteiger partial charge in [0.25, 0.3) is 5.91 Å². The van der Waals surface area contributed by atoms with E-state index in [9.17, 15) is 13.2 Å². The molecule has 9 heteroatoms. The van der Waals surface area contributed by atoms with Crippen molar-refractivity contribution in [2.45, 2.75) is 56.9 Å². The minimum atomic E-state index is -3.56. The SMILES string of the molecule is Cc1ccc(C)c(OCC(=O)NC(=S)Nc2ccc(S(=O)(=O)NC3CCCCC3)cc2)c1. The first-order valence-corrected chi connectivity index (χ1v) is 12.6. The van der Waals surface area contributed by atoms with Crippen LogP contribution in [-0.4, -0.2) is 32.1 Å². The Bertz CT molecular complexity index is 1060. The van der Waals surface area contributed by atoms with E-state index in [0.29, 0.717) is 11.4 Å². The first kappa shape index (κ1) is 24.2. The summed E-state index contributed by atoms with van der Waals surface area (Å²) >= 11 is 5.18. The summed E-state index contributed by atoms with van der Waals surface area (Å²) in [4.78, 5) is 12.3. The van der Waals surface area contributed by atoms with E-state index < -0.39 is 10.0 Å². The lowest BCUT2D eigenvalue weighted by atomic mass is 9.96. The van der Waals surface area contributed by atoms with Gasteiger partial charge in [-0.25, -0.2) is 13.1 Å². The summed E-state index contributed by atoms with van der Waals surface area (Å²) in [5.41, 5.74) is 2.56. The Morgan fingerprint density at radius 2 is 1.75 bits per heavy atom. The molecule has 1 saturated carbocycles. The Labute approximate surface area is 195 Å². The van der Waals surface area contributed by atoms with Gasteiger partial charge in [-0.2, -0.15) is 0 Å². The molecule has 3 rings (SSSR count). The summed E-state index contributed by atoms with van der Waals surface area (Å²) in [5, 5.41) is 5.54. The van der Waals surface area contributed by atoms with Gasteiger partial charge >= 0.3 is 0 Å². The van der Waals surface area contributed by atoms with Crippen molar-refractivity contribution in [3.8, 4) is 5.75 Å². The number of sulfonamides is 1. The molecule has 0 saturated heterocycles. The van der Waals surface area contributed by atoms with Gasteiger partial charge in [-0.1, -0.05) is 31.4 Å². The van der Waals surface area contributed by atoms with E-state index in [1.807, 2.05) is 32.0 Å². The fourth-order valence-corrected chi connectivity index (χ4v) is 5.09. The summed E-state index contributed by atoms with van der Waals surface area (Å²) in [7, 11) is -3.56. The highest BCUT2D eigenvalue weighted by molar-refractivity contribution is 7.89. The summed E-state index contributed by atoms with van der Waals surface area (Å²) in [6, 6.07) is 12.0. The quantitative estimate of drug-likeness (QED) is 0.527. The second kappa shape index (κ2) is 10.9. The molecule has 7 nitrogen and oxygen atoms in total. The third-order valence-electron chi connectivity index (χ3n) is 5.30. The Morgan fingerprint density at radius 1 is 1.06 bits per heavy atom. The Balaban J connectivity index is 1.49. The molecule has 32 heavy (non-hydrogen) atoms. The standard InChI is InChI=1S/C23H29N3O4S2/c1-16-8-9-17(2)21(14-16)30-15-22(27)25-23(31)24-18-10-12-20(13-11-18)32(28,29)26-19-6-4-3-5-7-19/h8-14,19,26H,3-7,15H2,1-2H3,(H2,24,25,27,31). The third kappa shape index (κ3) is 7.01. The molecule has 0 radical (unpaired) electrons. The molecule has 0 spiro atoms. The highest BCUT2D eigenvalue weighted by Gasteiger charge is 2.21. The molecule has 0 atom stereocenters. The zero-order valence-corrected chi connectivity index (χ0v) is 19.9. The van der Waals surface area contributed by atoms with Gasteiger partial charge in [0, 0.05) is 11.7 Å². The molecule has 1 aliphatic carbocycles. The number of hydrogen-bond acceptors (Lipinski definition) is 5. The predicted molar refractivity (Wildman–Crippen MR) is 129 cm³/mol. The van der Waals surface area contributed by atoms with Crippen LogP contribution in [0, 0.1) is 13.8 Å². The molecule has 2 aromatic carbocycles. The van der Waals surface area contributed by atoms with Crippen molar-refractivity contribution < 1.29 is 17.9 Å². The Morgan fingerprint density at radius 3 is 2.44 bits per heavy atom. The molecule has 1 amide bonds. The lowest BCUT2D eigenvalue weighted by Crippen LogP contribution is -2.37. The normalized spacial score (nSPS) is 14.6. The van der Waals surface area contributed by atoms with Crippen molar-refractivity contribution in [3.63, 3.8) is 0 Å². The average molecular weight is 476 g/mol. The number of nitrogens with one attached hydrogen (secondary N) is 3. The lowest BCUT2D eigenvalue weighted by molar-refractivity contribution is -0.121. The van der Waals surface area contributed by atoms with Crippen LogP contribution in [0.4, 0.5) is 5.69 Å². The molecule has 0 unspecified atom stereocenters. The van der Waals surface area contributed by atoms with Gasteiger partial charge in [-0.15, -0.1) is 0 Å². The van der Waals surface area contributed by atoms with Crippen LogP contribution in [0.3, 0.4) is 0 Å². The van der Waals surface area contributed by atoms with Gasteiger partial charge in [0.15, 0.2) is 11.7 Å². The summed E-state index contributed by atoms with van der Waals surface area (Å²) < 4.78 is 33.5. The Hall–Kier alpha value is -2.49. The van der Waals surface area contributed by atoms with Crippen molar-refractivity contribution in [1.82, 2.24) is 10.0 Å². The van der Waals surface area contributed by atoms with Gasteiger partial charge in [-0.3, -0.25) is 10.1 Å². The zero-order valence-electron chi connectivity index (χ0n) is 18.3. The average Bonchev–Trinajstić information content (AvgIpc) is 2.75. The Kier molecular flexibility index (Phi) is 8.22. The molecule has 1 fully saturated rings. The highest BCUT2D eigenvalue weighted by Crippen LogP contribution is 2.21. The van der Waals surface area contributed by atoms with Gasteiger partial charge < -0.3 is 10.1 Å².